The summed E-state index contributed by atoms with van der Waals surface area (Å²) in [4.78, 5) is 13.0. The van der Waals surface area contributed by atoms with Crippen LogP contribution in [0.15, 0.2) is 0 Å². The summed E-state index contributed by atoms with van der Waals surface area (Å²) < 4.78 is 5.13. The molecule has 0 rings (SSSR count). The Hall–Kier alpha value is -0.610. The molecule has 0 bridgehead atoms. The van der Waals surface area contributed by atoms with Crippen molar-refractivity contribution in [3.8, 4) is 0 Å². The monoisotopic (exact) mass is 188 g/mol. The van der Waals surface area contributed by atoms with Crippen molar-refractivity contribution in [1.29, 1.82) is 0 Å². The molecule has 0 fully saturated rings. The highest BCUT2D eigenvalue weighted by molar-refractivity contribution is 5.77. The summed E-state index contributed by atoms with van der Waals surface area (Å²) in [5.41, 5.74) is 5.43. The third kappa shape index (κ3) is 4.85. The third-order valence-electron chi connectivity index (χ3n) is 1.97. The molecule has 0 aliphatic rings. The fraction of sp³-hybridized carbons (Fsp3) is 0.889. The van der Waals surface area contributed by atoms with E-state index in [2.05, 4.69) is 0 Å². The van der Waals surface area contributed by atoms with Gasteiger partial charge in [-0.25, -0.2) is 0 Å². The predicted molar refractivity (Wildman–Crippen MR) is 52.4 cm³/mol. The van der Waals surface area contributed by atoms with E-state index in [1.165, 1.54) is 0 Å². The summed E-state index contributed by atoms with van der Waals surface area (Å²) in [6, 6.07) is 0.0812. The van der Waals surface area contributed by atoms with E-state index in [4.69, 9.17) is 10.5 Å². The lowest BCUT2D eigenvalue weighted by Crippen LogP contribution is -2.41. The number of carbonyl (C=O) groups excluding carboxylic acids is 1. The summed E-state index contributed by atoms with van der Waals surface area (Å²) in [6.45, 7) is 5.20. The summed E-state index contributed by atoms with van der Waals surface area (Å²) >= 11 is 0. The Morgan fingerprint density at radius 3 is 2.69 bits per heavy atom. The van der Waals surface area contributed by atoms with Crippen LogP contribution in [0.2, 0.25) is 0 Å². The fourth-order valence-electron chi connectivity index (χ4n) is 0.810. The molecule has 2 N–H and O–H groups in total. The standard InChI is InChI=1S/C9H20N2O2/c1-4-5-13-7-9(12)11(3)8(2)6-10/h8H,4-7,10H2,1-3H3. The summed E-state index contributed by atoms with van der Waals surface area (Å²) in [5, 5.41) is 0. The van der Waals surface area contributed by atoms with Crippen LogP contribution in [-0.2, 0) is 9.53 Å². The van der Waals surface area contributed by atoms with E-state index in [1.807, 2.05) is 13.8 Å². The molecule has 0 aromatic heterocycles. The maximum absolute atomic E-state index is 11.4. The van der Waals surface area contributed by atoms with Gasteiger partial charge in [0.1, 0.15) is 6.61 Å². The Morgan fingerprint density at radius 2 is 2.23 bits per heavy atom. The lowest BCUT2D eigenvalue weighted by atomic mass is 10.3. The molecule has 1 amide bonds. The minimum Gasteiger partial charge on any atom is -0.372 e. The van der Waals surface area contributed by atoms with Gasteiger partial charge in [0.2, 0.25) is 5.91 Å². The van der Waals surface area contributed by atoms with Gasteiger partial charge >= 0.3 is 0 Å². The molecule has 1 atom stereocenters. The average molecular weight is 188 g/mol. The van der Waals surface area contributed by atoms with Gasteiger partial charge in [-0.2, -0.15) is 0 Å². The zero-order valence-corrected chi connectivity index (χ0v) is 8.75. The number of rotatable bonds is 6. The van der Waals surface area contributed by atoms with Crippen LogP contribution >= 0.6 is 0 Å². The highest BCUT2D eigenvalue weighted by Crippen LogP contribution is 1.94. The first kappa shape index (κ1) is 12.4. The zero-order valence-electron chi connectivity index (χ0n) is 8.75. The maximum atomic E-state index is 11.4. The molecule has 1 unspecified atom stereocenters. The van der Waals surface area contributed by atoms with E-state index in [9.17, 15) is 4.79 Å². The SMILES string of the molecule is CCCOCC(=O)N(C)C(C)CN. The summed E-state index contributed by atoms with van der Waals surface area (Å²) in [6.07, 6.45) is 0.934. The molecule has 0 radical (unpaired) electrons. The molecule has 4 heteroatoms. The minimum absolute atomic E-state index is 0.00796. The molecule has 0 aromatic carbocycles. The molecule has 78 valence electrons. The van der Waals surface area contributed by atoms with Crippen LogP contribution in [0.3, 0.4) is 0 Å². The lowest BCUT2D eigenvalue weighted by molar-refractivity contribution is -0.136. The quantitative estimate of drug-likeness (QED) is 0.607. The first-order valence-corrected chi connectivity index (χ1v) is 4.67. The topological polar surface area (TPSA) is 55.6 Å². The number of amides is 1. The molecule has 0 saturated heterocycles. The number of likely N-dealkylation sites (N-methyl/N-ethyl adjacent to an activating group) is 1. The second-order valence-corrected chi connectivity index (χ2v) is 3.14. The van der Waals surface area contributed by atoms with Crippen molar-refractivity contribution in [1.82, 2.24) is 4.90 Å². The van der Waals surface area contributed by atoms with Crippen LogP contribution in [0, 0.1) is 0 Å². The van der Waals surface area contributed by atoms with Crippen LogP contribution in [0.1, 0.15) is 20.3 Å². The van der Waals surface area contributed by atoms with Gasteiger partial charge in [0.05, 0.1) is 0 Å². The Morgan fingerprint density at radius 1 is 1.62 bits per heavy atom. The molecule has 0 aromatic rings. The Labute approximate surface area is 80.0 Å². The second-order valence-electron chi connectivity index (χ2n) is 3.14. The van der Waals surface area contributed by atoms with E-state index in [-0.39, 0.29) is 18.6 Å². The highest BCUT2D eigenvalue weighted by atomic mass is 16.5. The first-order chi connectivity index (χ1) is 6.13. The number of ether oxygens (including phenoxy) is 1. The molecular weight excluding hydrogens is 168 g/mol. The van der Waals surface area contributed by atoms with Gasteiger partial charge in [0.15, 0.2) is 0 Å². The predicted octanol–water partition coefficient (Wildman–Crippen LogP) is 0.219. The Balaban J connectivity index is 3.69. The largest absolute Gasteiger partial charge is 0.372 e. The van der Waals surface area contributed by atoms with E-state index in [0.717, 1.165) is 6.42 Å². The van der Waals surface area contributed by atoms with Crippen molar-refractivity contribution in [2.45, 2.75) is 26.3 Å². The first-order valence-electron chi connectivity index (χ1n) is 4.67. The molecule has 0 aliphatic heterocycles. The van der Waals surface area contributed by atoms with Crippen LogP contribution in [-0.4, -0.2) is 43.7 Å². The Kier molecular flexibility index (Phi) is 6.54. The number of hydrogen-bond acceptors (Lipinski definition) is 3. The second kappa shape index (κ2) is 6.86. The van der Waals surface area contributed by atoms with Crippen molar-refractivity contribution in [3.63, 3.8) is 0 Å². The van der Waals surface area contributed by atoms with Crippen molar-refractivity contribution >= 4 is 5.91 Å². The van der Waals surface area contributed by atoms with Crippen molar-refractivity contribution < 1.29 is 9.53 Å². The fourth-order valence-corrected chi connectivity index (χ4v) is 0.810. The van der Waals surface area contributed by atoms with Crippen LogP contribution in [0.4, 0.5) is 0 Å². The van der Waals surface area contributed by atoms with Gasteiger partial charge in [-0.05, 0) is 13.3 Å². The molecular formula is C9H20N2O2. The summed E-state index contributed by atoms with van der Waals surface area (Å²) in [5.74, 6) is -0.00796. The van der Waals surface area contributed by atoms with E-state index in [1.54, 1.807) is 11.9 Å². The van der Waals surface area contributed by atoms with Gasteiger partial charge in [-0.3, -0.25) is 4.79 Å². The molecule has 0 heterocycles. The van der Waals surface area contributed by atoms with Gasteiger partial charge in [-0.1, -0.05) is 6.92 Å². The van der Waals surface area contributed by atoms with Crippen LogP contribution in [0.5, 0.6) is 0 Å². The zero-order chi connectivity index (χ0) is 10.3. The van der Waals surface area contributed by atoms with Gasteiger partial charge in [0.25, 0.3) is 0 Å². The smallest absolute Gasteiger partial charge is 0.248 e. The number of nitrogens with zero attached hydrogens (tertiary/aromatic N) is 1. The van der Waals surface area contributed by atoms with Gasteiger partial charge < -0.3 is 15.4 Å². The normalized spacial score (nSPS) is 12.6. The van der Waals surface area contributed by atoms with Crippen LogP contribution in [0.25, 0.3) is 0 Å². The van der Waals surface area contributed by atoms with Crippen molar-refractivity contribution in [2.75, 3.05) is 26.8 Å². The maximum Gasteiger partial charge on any atom is 0.248 e. The van der Waals surface area contributed by atoms with Crippen molar-refractivity contribution in [2.24, 2.45) is 5.73 Å². The highest BCUT2D eigenvalue weighted by Gasteiger charge is 2.13. The van der Waals surface area contributed by atoms with Gasteiger partial charge in [-0.15, -0.1) is 0 Å². The number of carbonyl (C=O) groups is 1. The molecule has 13 heavy (non-hydrogen) atoms. The molecule has 0 saturated carbocycles. The average Bonchev–Trinajstić information content (AvgIpc) is 2.15. The minimum atomic E-state index is -0.00796. The third-order valence-corrected chi connectivity index (χ3v) is 1.97. The number of hydrogen-bond donors (Lipinski definition) is 1. The lowest BCUT2D eigenvalue weighted by Gasteiger charge is -2.23. The summed E-state index contributed by atoms with van der Waals surface area (Å²) in [7, 11) is 1.75. The van der Waals surface area contributed by atoms with Crippen molar-refractivity contribution in [3.05, 3.63) is 0 Å². The Bertz CT molecular complexity index is 151. The van der Waals surface area contributed by atoms with E-state index < -0.39 is 0 Å². The number of nitrogens with two attached hydrogens (primary N) is 1. The van der Waals surface area contributed by atoms with Crippen LogP contribution < -0.4 is 5.73 Å². The van der Waals surface area contributed by atoms with E-state index in [0.29, 0.717) is 13.2 Å². The molecule has 0 aliphatic carbocycles. The molecule has 0 spiro atoms. The van der Waals surface area contributed by atoms with E-state index >= 15 is 0 Å². The molecule has 4 nitrogen and oxygen atoms in total. The van der Waals surface area contributed by atoms with Gasteiger partial charge in [0, 0.05) is 26.2 Å².